The minimum Gasteiger partial charge on any atom is -0.345 e. The molecule has 0 amide bonds. The van der Waals surface area contributed by atoms with Crippen LogP contribution in [0, 0.1) is 11.3 Å². The molecule has 0 aliphatic carbocycles. The van der Waals surface area contributed by atoms with E-state index in [9.17, 15) is 32.4 Å². The maximum absolute atomic E-state index is 13.3. The van der Waals surface area contributed by atoms with Gasteiger partial charge in [0.2, 0.25) is 0 Å². The molecule has 8 heterocycles. The molecule has 8 rings (SSSR count). The summed E-state index contributed by atoms with van der Waals surface area (Å²) >= 11 is 11.9. The molecule has 52 heavy (non-hydrogen) atoms. The van der Waals surface area contributed by atoms with E-state index in [1.165, 1.54) is 39.9 Å². The number of hydrogen-bond donors (Lipinski definition) is 2. The first-order valence-electron chi connectivity index (χ1n) is 14.9. The van der Waals surface area contributed by atoms with Crippen molar-refractivity contribution in [1.29, 1.82) is 5.26 Å². The fourth-order valence-electron chi connectivity index (χ4n) is 5.96. The summed E-state index contributed by atoms with van der Waals surface area (Å²) < 4.78 is 56.5. The lowest BCUT2D eigenvalue weighted by Crippen LogP contribution is -2.46. The van der Waals surface area contributed by atoms with Crippen molar-refractivity contribution in [1.82, 2.24) is 48.6 Å². The van der Waals surface area contributed by atoms with E-state index < -0.39 is 43.1 Å². The number of alkyl halides is 4. The average molecular weight is 824 g/mol. The van der Waals surface area contributed by atoms with E-state index >= 15 is 0 Å². The fraction of sp³-hybridized carbons (Fsp3) is 0.345. The number of H-pyrrole nitrogens is 1. The monoisotopic (exact) mass is 822 g/mol. The minimum absolute atomic E-state index is 0. The highest BCUT2D eigenvalue weighted by Gasteiger charge is 2.37. The second-order valence-electron chi connectivity index (χ2n) is 11.3. The van der Waals surface area contributed by atoms with E-state index in [0.717, 1.165) is 22.1 Å². The van der Waals surface area contributed by atoms with Crippen LogP contribution in [-0.2, 0) is 13.1 Å². The molecule has 0 bridgehead atoms. The van der Waals surface area contributed by atoms with Crippen LogP contribution in [0.15, 0.2) is 46.6 Å². The smallest absolute Gasteiger partial charge is 0.279 e. The van der Waals surface area contributed by atoms with Gasteiger partial charge in [-0.25, -0.2) is 36.6 Å². The fourth-order valence-corrected chi connectivity index (χ4v) is 6.41. The number of fused-ring (bicyclic) bond motifs is 3. The van der Waals surface area contributed by atoms with E-state index in [0.29, 0.717) is 41.2 Å². The number of aromatic nitrogens is 9. The Morgan fingerprint density at radius 3 is 1.94 bits per heavy atom. The van der Waals surface area contributed by atoms with Gasteiger partial charge in [0.1, 0.15) is 40.7 Å². The molecular formula is C29H29Cl3F4N12O2S2. The van der Waals surface area contributed by atoms with Crippen LogP contribution in [0.5, 0.6) is 0 Å². The topological polar surface area (TPSA) is 159 Å². The second-order valence-corrected chi connectivity index (χ2v) is 12.1. The number of nitrogens with zero attached hydrogens (tertiary/aromatic N) is 10. The van der Waals surface area contributed by atoms with Gasteiger partial charge in [-0.2, -0.15) is 42.5 Å². The molecule has 278 valence electrons. The average Bonchev–Trinajstić information content (AvgIpc) is 3.72. The standard InChI is InChI=1S/C18H13ClF2N8O.C11H11ClF2N4O.ClH.2H2S/c19-10-1-4-29-14(10)18(30)28(7-12(20)21)16(26-29)11-2-3-27(11)17-13-9(5-22)6-23-15(13)24-8-25-17;12-6-2-4-18-9(6)11(19)17(5-8(13)14)10(16-18)7-1-3-15-7;;;/h1,4,6,8,11-12H,2-3,7H2,(H,23,24,25);2,4,7-8,15H,1,3,5H2;1H;2*1H2/t11-;7-;;;/m00.../s1. The number of halogens is 7. The SMILES string of the molecule is Cl.N#Cc1c[nH]c2ncnc(N3CC[C@H]3c3nn4ccc(Cl)c4c(=O)n3CC(F)F)c12.O=c1c2c(Cl)ccn2nc([C@@H]2CCN2)n1CC(F)F.S.S. The summed E-state index contributed by atoms with van der Waals surface area (Å²) in [4.78, 5) is 38.4. The Labute approximate surface area is 320 Å². The van der Waals surface area contributed by atoms with Crippen molar-refractivity contribution in [3.8, 4) is 6.07 Å². The summed E-state index contributed by atoms with van der Waals surface area (Å²) in [6, 6.07) is 4.49. The second kappa shape index (κ2) is 16.3. The Hall–Kier alpha value is -4.00. The van der Waals surface area contributed by atoms with Crippen molar-refractivity contribution >= 4 is 90.5 Å². The van der Waals surface area contributed by atoms with Crippen LogP contribution in [0.1, 0.15) is 42.1 Å². The molecule has 14 nitrogen and oxygen atoms in total. The quantitative estimate of drug-likeness (QED) is 0.220. The van der Waals surface area contributed by atoms with E-state index in [1.807, 2.05) is 4.90 Å². The van der Waals surface area contributed by atoms with Crippen molar-refractivity contribution in [3.05, 3.63) is 85.0 Å². The zero-order valence-electron chi connectivity index (χ0n) is 26.5. The molecule has 0 saturated carbocycles. The van der Waals surface area contributed by atoms with Crippen LogP contribution in [0.2, 0.25) is 10.0 Å². The van der Waals surface area contributed by atoms with Gasteiger partial charge in [-0.05, 0) is 31.5 Å². The Bertz CT molecular complexity index is 2390. The summed E-state index contributed by atoms with van der Waals surface area (Å²) in [5.74, 6) is 1.00. The van der Waals surface area contributed by atoms with Crippen molar-refractivity contribution in [2.75, 3.05) is 18.0 Å². The van der Waals surface area contributed by atoms with Crippen molar-refractivity contribution in [2.24, 2.45) is 0 Å². The maximum atomic E-state index is 13.3. The molecule has 2 N–H and O–H groups in total. The normalized spacial score (nSPS) is 16.4. The van der Waals surface area contributed by atoms with Gasteiger partial charge >= 0.3 is 0 Å². The molecule has 23 heteroatoms. The van der Waals surface area contributed by atoms with Crippen LogP contribution < -0.4 is 21.3 Å². The molecule has 6 aromatic heterocycles. The van der Waals surface area contributed by atoms with Gasteiger partial charge in [-0.3, -0.25) is 18.7 Å². The molecule has 2 atom stereocenters. The Balaban J connectivity index is 0.000000240. The van der Waals surface area contributed by atoms with Gasteiger partial charge < -0.3 is 15.2 Å². The van der Waals surface area contributed by atoms with E-state index in [2.05, 4.69) is 36.5 Å². The Kier molecular flexibility index (Phi) is 12.8. The van der Waals surface area contributed by atoms with Crippen LogP contribution in [0.3, 0.4) is 0 Å². The van der Waals surface area contributed by atoms with Gasteiger partial charge in [0.25, 0.3) is 24.0 Å². The predicted octanol–water partition coefficient (Wildman–Crippen LogP) is 4.61. The zero-order valence-corrected chi connectivity index (χ0v) is 30.8. The third-order valence-electron chi connectivity index (χ3n) is 8.44. The molecule has 6 aromatic rings. The lowest BCUT2D eigenvalue weighted by Gasteiger charge is -2.42. The van der Waals surface area contributed by atoms with Crippen LogP contribution in [-0.4, -0.2) is 69.3 Å². The number of aromatic amines is 1. The molecule has 0 radical (unpaired) electrons. The highest BCUT2D eigenvalue weighted by molar-refractivity contribution is 7.59. The highest BCUT2D eigenvalue weighted by atomic mass is 35.5. The van der Waals surface area contributed by atoms with Crippen LogP contribution in [0.25, 0.3) is 22.1 Å². The van der Waals surface area contributed by atoms with Gasteiger partial charge in [-0.15, -0.1) is 12.4 Å². The molecule has 2 aliphatic rings. The third-order valence-corrected chi connectivity index (χ3v) is 9.05. The number of nitriles is 1. The summed E-state index contributed by atoms with van der Waals surface area (Å²) in [5.41, 5.74) is -0.118. The molecule has 2 saturated heterocycles. The van der Waals surface area contributed by atoms with Gasteiger partial charge in [-0.1, -0.05) is 23.2 Å². The molecular weight excluding hydrogens is 795 g/mol. The van der Waals surface area contributed by atoms with Crippen molar-refractivity contribution < 1.29 is 17.6 Å². The summed E-state index contributed by atoms with van der Waals surface area (Å²) in [7, 11) is 0. The highest BCUT2D eigenvalue weighted by Crippen LogP contribution is 2.39. The molecule has 0 spiro atoms. The van der Waals surface area contributed by atoms with Gasteiger partial charge in [0.05, 0.1) is 46.2 Å². The van der Waals surface area contributed by atoms with Gasteiger partial charge in [0, 0.05) is 25.1 Å². The van der Waals surface area contributed by atoms with Crippen molar-refractivity contribution in [3.63, 3.8) is 0 Å². The van der Waals surface area contributed by atoms with Crippen LogP contribution >= 0.6 is 62.6 Å². The third kappa shape index (κ3) is 7.17. The number of nitrogens with one attached hydrogen (secondary N) is 2. The first-order chi connectivity index (χ1) is 23.6. The molecule has 0 aromatic carbocycles. The zero-order chi connectivity index (χ0) is 34.6. The molecule has 2 aliphatic heterocycles. The van der Waals surface area contributed by atoms with E-state index in [4.69, 9.17) is 23.2 Å². The Morgan fingerprint density at radius 2 is 1.46 bits per heavy atom. The van der Waals surface area contributed by atoms with Gasteiger partial charge in [0.15, 0.2) is 5.82 Å². The summed E-state index contributed by atoms with van der Waals surface area (Å²) in [5, 5.41) is 22.0. The maximum Gasteiger partial charge on any atom is 0.279 e. The predicted molar refractivity (Wildman–Crippen MR) is 198 cm³/mol. The largest absolute Gasteiger partial charge is 0.345 e. The summed E-state index contributed by atoms with van der Waals surface area (Å²) in [6.45, 7) is -0.116. The number of anilines is 1. The summed E-state index contributed by atoms with van der Waals surface area (Å²) in [6.07, 6.45) is 1.96. The molecule has 2 fully saturated rings. The lowest BCUT2D eigenvalue weighted by atomic mass is 10.0. The molecule has 0 unspecified atom stereocenters. The first-order valence-corrected chi connectivity index (χ1v) is 15.7. The first kappa shape index (κ1) is 40.8. The van der Waals surface area contributed by atoms with E-state index in [-0.39, 0.29) is 72.3 Å². The van der Waals surface area contributed by atoms with E-state index in [1.54, 1.807) is 6.20 Å². The lowest BCUT2D eigenvalue weighted by molar-refractivity contribution is 0.121. The minimum atomic E-state index is -2.74. The Morgan fingerprint density at radius 1 is 0.904 bits per heavy atom. The number of hydrogen-bond acceptors (Lipinski definition) is 9. The van der Waals surface area contributed by atoms with Crippen LogP contribution in [0.4, 0.5) is 23.4 Å². The van der Waals surface area contributed by atoms with Crippen molar-refractivity contribution in [2.45, 2.75) is 50.9 Å². The number of rotatable bonds is 7.